The summed E-state index contributed by atoms with van der Waals surface area (Å²) in [6.45, 7) is 0.453. The Bertz CT molecular complexity index is 2060. The minimum atomic E-state index is -4.77. The van der Waals surface area contributed by atoms with E-state index in [1.54, 1.807) is 48.5 Å². The van der Waals surface area contributed by atoms with Crippen LogP contribution >= 0.6 is 0 Å². The Hall–Kier alpha value is -5.13. The van der Waals surface area contributed by atoms with Gasteiger partial charge in [-0.2, -0.15) is 13.5 Å². The maximum atomic E-state index is 15.2. The lowest BCUT2D eigenvalue weighted by Crippen LogP contribution is -2.48. The summed E-state index contributed by atoms with van der Waals surface area (Å²) in [5, 5.41) is 2.94. The summed E-state index contributed by atoms with van der Waals surface area (Å²) in [4.78, 5) is 29.4. The second-order valence-corrected chi connectivity index (χ2v) is 13.7. The first kappa shape index (κ1) is 33.8. The molecule has 1 N–H and O–H groups in total. The first-order chi connectivity index (χ1) is 23.7. The van der Waals surface area contributed by atoms with Crippen LogP contribution in [0.4, 0.5) is 4.39 Å². The number of halogens is 1. The van der Waals surface area contributed by atoms with Crippen molar-refractivity contribution in [3.8, 4) is 5.75 Å². The largest absolute Gasteiger partial charge is 0.483 e. The number of carbonyl (C=O) groups is 1. The first-order valence-corrected chi connectivity index (χ1v) is 17.6. The van der Waals surface area contributed by atoms with Gasteiger partial charge in [0.1, 0.15) is 17.7 Å². The molecule has 9 nitrogen and oxygen atoms in total. The molecule has 0 spiro atoms. The highest BCUT2D eigenvalue weighted by molar-refractivity contribution is 7.86. The molecule has 3 atom stereocenters. The van der Waals surface area contributed by atoms with Crippen LogP contribution in [0.3, 0.4) is 0 Å². The lowest BCUT2D eigenvalue weighted by atomic mass is 9.85. The van der Waals surface area contributed by atoms with Gasteiger partial charge in [-0.15, -0.1) is 0 Å². The Morgan fingerprint density at radius 2 is 1.51 bits per heavy atom. The summed E-state index contributed by atoms with van der Waals surface area (Å²) < 4.78 is 59.5. The number of nitrogens with zero attached hydrogens (tertiary/aromatic N) is 3. The summed E-state index contributed by atoms with van der Waals surface area (Å²) >= 11 is 0. The Kier molecular flexibility index (Phi) is 10.3. The van der Waals surface area contributed by atoms with E-state index >= 15 is 4.39 Å². The average Bonchev–Trinajstić information content (AvgIpc) is 3.59. The van der Waals surface area contributed by atoms with Gasteiger partial charge in [-0.3, -0.25) is 18.8 Å². The zero-order valence-electron chi connectivity index (χ0n) is 26.6. The van der Waals surface area contributed by atoms with Crippen LogP contribution in [-0.4, -0.2) is 51.4 Å². The Morgan fingerprint density at radius 1 is 0.898 bits per heavy atom. The number of hydrogen-bond acceptors (Lipinski definition) is 6. The van der Waals surface area contributed by atoms with Crippen molar-refractivity contribution in [1.82, 2.24) is 14.7 Å². The van der Waals surface area contributed by atoms with Crippen molar-refractivity contribution in [2.24, 2.45) is 0 Å². The normalized spacial score (nSPS) is 15.9. The van der Waals surface area contributed by atoms with Crippen LogP contribution in [0.5, 0.6) is 5.75 Å². The molecule has 5 aromatic rings. The molecule has 1 fully saturated rings. The minimum absolute atomic E-state index is 0.0765. The number of aromatic nitrogens is 2. The molecule has 0 bridgehead atoms. The summed E-state index contributed by atoms with van der Waals surface area (Å²) in [7, 11) is -4.77. The lowest BCUT2D eigenvalue weighted by Gasteiger charge is -2.32. The molecule has 1 aromatic heterocycles. The SMILES string of the molecule is O=C(c1nn(Cc2ccccc2)cc(OCc2ccccc2)c1=O)N1CCCC1[C@@H](C[C@@H](c1ccccc1)c1ccccc1F)S(=O)(=O)O. The number of carbonyl (C=O) groups excluding carboxylic acids is 1. The average molecular weight is 682 g/mol. The molecule has 49 heavy (non-hydrogen) atoms. The smallest absolute Gasteiger partial charge is 0.278 e. The van der Waals surface area contributed by atoms with Crippen molar-refractivity contribution in [3.05, 3.63) is 165 Å². The van der Waals surface area contributed by atoms with Crippen molar-refractivity contribution < 1.29 is 26.9 Å². The van der Waals surface area contributed by atoms with Gasteiger partial charge in [-0.25, -0.2) is 4.39 Å². The van der Waals surface area contributed by atoms with Gasteiger partial charge in [-0.05, 0) is 47.6 Å². The van der Waals surface area contributed by atoms with Crippen LogP contribution in [0.2, 0.25) is 0 Å². The molecule has 1 unspecified atom stereocenters. The number of likely N-dealkylation sites (tertiary alicyclic amines) is 1. The molecule has 6 rings (SSSR count). The highest BCUT2D eigenvalue weighted by atomic mass is 32.2. The summed E-state index contributed by atoms with van der Waals surface area (Å²) in [5.41, 5.74) is 1.47. The van der Waals surface area contributed by atoms with Crippen molar-refractivity contribution in [1.29, 1.82) is 0 Å². The molecule has 1 aliphatic heterocycles. The van der Waals surface area contributed by atoms with Gasteiger partial charge in [0, 0.05) is 12.5 Å². The van der Waals surface area contributed by atoms with Crippen LogP contribution in [0.1, 0.15) is 57.9 Å². The van der Waals surface area contributed by atoms with E-state index in [9.17, 15) is 22.6 Å². The van der Waals surface area contributed by atoms with Crippen LogP contribution in [0.15, 0.2) is 126 Å². The minimum Gasteiger partial charge on any atom is -0.483 e. The zero-order chi connectivity index (χ0) is 34.4. The molecule has 11 heteroatoms. The predicted molar refractivity (Wildman–Crippen MR) is 184 cm³/mol. The van der Waals surface area contributed by atoms with Gasteiger partial charge in [0.2, 0.25) is 0 Å². The molecule has 1 amide bonds. The van der Waals surface area contributed by atoms with E-state index in [0.29, 0.717) is 12.0 Å². The summed E-state index contributed by atoms with van der Waals surface area (Å²) in [6.07, 6.45) is 1.93. The molecule has 4 aromatic carbocycles. The number of benzene rings is 4. The van der Waals surface area contributed by atoms with Gasteiger partial charge in [0.05, 0.1) is 18.8 Å². The topological polar surface area (TPSA) is 119 Å². The Labute approximate surface area is 284 Å². The fourth-order valence-electron chi connectivity index (χ4n) is 6.51. The molecule has 1 saturated heterocycles. The van der Waals surface area contributed by atoms with E-state index in [1.165, 1.54) is 21.8 Å². The maximum absolute atomic E-state index is 15.2. The molecule has 0 saturated carbocycles. The van der Waals surface area contributed by atoms with Gasteiger partial charge in [0.25, 0.3) is 21.5 Å². The first-order valence-electron chi connectivity index (χ1n) is 16.1. The fourth-order valence-corrected chi connectivity index (χ4v) is 7.62. The number of hydrogen-bond donors (Lipinski definition) is 1. The lowest BCUT2D eigenvalue weighted by molar-refractivity contribution is 0.0718. The third kappa shape index (κ3) is 7.96. The predicted octanol–water partition coefficient (Wildman–Crippen LogP) is 6.09. The van der Waals surface area contributed by atoms with Crippen molar-refractivity contribution in [3.63, 3.8) is 0 Å². The van der Waals surface area contributed by atoms with E-state index in [2.05, 4.69) is 5.10 Å². The van der Waals surface area contributed by atoms with E-state index < -0.39 is 50.2 Å². The van der Waals surface area contributed by atoms with Crippen molar-refractivity contribution in [2.45, 2.75) is 49.6 Å². The highest BCUT2D eigenvalue weighted by Crippen LogP contribution is 2.36. The second kappa shape index (κ2) is 15.0. The number of rotatable bonds is 12. The number of ether oxygens (including phenoxy) is 1. The van der Waals surface area contributed by atoms with E-state index in [0.717, 1.165) is 11.1 Å². The summed E-state index contributed by atoms with van der Waals surface area (Å²) in [6, 6.07) is 32.6. The van der Waals surface area contributed by atoms with E-state index in [-0.39, 0.29) is 43.9 Å². The maximum Gasteiger partial charge on any atom is 0.278 e. The summed E-state index contributed by atoms with van der Waals surface area (Å²) in [5.74, 6) is -2.11. The van der Waals surface area contributed by atoms with E-state index in [4.69, 9.17) is 4.74 Å². The molecular formula is C38H36FN3O6S. The Balaban J connectivity index is 1.36. The van der Waals surface area contributed by atoms with Crippen LogP contribution in [0.25, 0.3) is 0 Å². The standard InChI is InChI=1S/C38H36FN3O6S/c39-32-20-11-10-19-30(32)31(29-17-8-3-9-18-29)23-35(49(45,46)47)33-21-12-22-42(33)38(44)36-37(43)34(48-26-28-15-6-2-7-16-28)25-41(40-36)24-27-13-4-1-5-14-27/h1-11,13-20,25,31,33,35H,12,21-24,26H2,(H,45,46,47)/t31-,33?,35+/m0/s1. The third-order valence-corrected chi connectivity index (χ3v) is 10.2. The molecule has 1 aliphatic rings. The molecule has 252 valence electrons. The zero-order valence-corrected chi connectivity index (χ0v) is 27.5. The Morgan fingerprint density at radius 3 is 2.16 bits per heavy atom. The van der Waals surface area contributed by atoms with Crippen LogP contribution < -0.4 is 10.2 Å². The van der Waals surface area contributed by atoms with Crippen LogP contribution in [-0.2, 0) is 23.3 Å². The fraction of sp³-hybridized carbons (Fsp3) is 0.237. The second-order valence-electron chi connectivity index (χ2n) is 12.1. The van der Waals surface area contributed by atoms with Crippen LogP contribution in [0, 0.1) is 5.82 Å². The van der Waals surface area contributed by atoms with Gasteiger partial charge < -0.3 is 9.64 Å². The van der Waals surface area contributed by atoms with Gasteiger partial charge in [-0.1, -0.05) is 109 Å². The van der Waals surface area contributed by atoms with Crippen molar-refractivity contribution in [2.75, 3.05) is 6.54 Å². The molecule has 2 heterocycles. The highest BCUT2D eigenvalue weighted by Gasteiger charge is 2.44. The molecule has 0 aliphatic carbocycles. The molecular weight excluding hydrogens is 645 g/mol. The quantitative estimate of drug-likeness (QED) is 0.158. The monoisotopic (exact) mass is 681 g/mol. The van der Waals surface area contributed by atoms with E-state index in [1.807, 2.05) is 60.7 Å². The van der Waals surface area contributed by atoms with Gasteiger partial charge >= 0.3 is 0 Å². The third-order valence-electron chi connectivity index (χ3n) is 8.88. The van der Waals surface area contributed by atoms with Crippen molar-refractivity contribution >= 4 is 16.0 Å². The number of amides is 1. The molecule has 0 radical (unpaired) electrons. The van der Waals surface area contributed by atoms with Gasteiger partial charge in [0.15, 0.2) is 11.4 Å².